The average molecular weight is 300 g/mol. The molecule has 0 aliphatic heterocycles. The summed E-state index contributed by atoms with van der Waals surface area (Å²) < 4.78 is 10.7. The van der Waals surface area contributed by atoms with Gasteiger partial charge in [-0.3, -0.25) is 4.90 Å². The van der Waals surface area contributed by atoms with Gasteiger partial charge in [-0.1, -0.05) is 20.8 Å². The molecule has 1 rings (SSSR count). The van der Waals surface area contributed by atoms with Crippen LogP contribution in [0.25, 0.3) is 0 Å². The van der Waals surface area contributed by atoms with Crippen LogP contribution in [0.1, 0.15) is 47.0 Å². The summed E-state index contributed by atoms with van der Waals surface area (Å²) >= 11 is 0. The van der Waals surface area contributed by atoms with E-state index in [0.717, 1.165) is 26.2 Å². The lowest BCUT2D eigenvalue weighted by Gasteiger charge is -2.55. The van der Waals surface area contributed by atoms with Crippen LogP contribution in [0.2, 0.25) is 0 Å². The summed E-state index contributed by atoms with van der Waals surface area (Å²) in [6.07, 6.45) is 3.63. The second-order valence-electron chi connectivity index (χ2n) is 7.57. The molecule has 1 aliphatic rings. The number of methoxy groups -OCH3 is 2. The van der Waals surface area contributed by atoms with Gasteiger partial charge in [0.25, 0.3) is 0 Å². The molecule has 0 bridgehead atoms. The van der Waals surface area contributed by atoms with E-state index < -0.39 is 0 Å². The maximum absolute atomic E-state index is 6.30. The van der Waals surface area contributed by atoms with Gasteiger partial charge in [0.2, 0.25) is 0 Å². The minimum absolute atomic E-state index is 0.0754. The fraction of sp³-hybridized carbons (Fsp3) is 1.00. The minimum Gasteiger partial charge on any atom is -0.383 e. The quantitative estimate of drug-likeness (QED) is 0.748. The summed E-state index contributed by atoms with van der Waals surface area (Å²) in [6.45, 7) is 12.5. The van der Waals surface area contributed by atoms with Gasteiger partial charge in [0.05, 0.1) is 13.2 Å². The van der Waals surface area contributed by atoms with Crippen molar-refractivity contribution >= 4 is 0 Å². The van der Waals surface area contributed by atoms with E-state index in [-0.39, 0.29) is 5.54 Å². The molecule has 126 valence electrons. The second kappa shape index (κ2) is 7.91. The van der Waals surface area contributed by atoms with Gasteiger partial charge in [0.15, 0.2) is 0 Å². The SMILES string of the molecule is COCCN(C(C)COC)C1(CN)CCC(C)(C)CC1C. The first-order valence-electron chi connectivity index (χ1n) is 8.27. The van der Waals surface area contributed by atoms with E-state index in [1.165, 1.54) is 12.8 Å². The molecule has 0 aromatic rings. The van der Waals surface area contributed by atoms with Gasteiger partial charge in [-0.05, 0) is 37.5 Å². The molecule has 3 atom stereocenters. The molecule has 1 aliphatic carbocycles. The zero-order chi connectivity index (χ0) is 16.1. The molecule has 1 fully saturated rings. The molecule has 0 aromatic heterocycles. The molecule has 0 radical (unpaired) electrons. The molecule has 1 saturated carbocycles. The largest absolute Gasteiger partial charge is 0.383 e. The van der Waals surface area contributed by atoms with Gasteiger partial charge >= 0.3 is 0 Å². The van der Waals surface area contributed by atoms with E-state index in [4.69, 9.17) is 15.2 Å². The third kappa shape index (κ3) is 4.41. The van der Waals surface area contributed by atoms with Gasteiger partial charge < -0.3 is 15.2 Å². The molecular formula is C17H36N2O2. The highest BCUT2D eigenvalue weighted by atomic mass is 16.5. The summed E-state index contributed by atoms with van der Waals surface area (Å²) in [5.74, 6) is 0.586. The van der Waals surface area contributed by atoms with Crippen LogP contribution in [0.3, 0.4) is 0 Å². The van der Waals surface area contributed by atoms with Crippen LogP contribution in [0, 0.1) is 11.3 Å². The number of ether oxygens (including phenoxy) is 2. The zero-order valence-corrected chi connectivity index (χ0v) is 14.9. The van der Waals surface area contributed by atoms with Gasteiger partial charge in [0.1, 0.15) is 0 Å². The van der Waals surface area contributed by atoms with Crippen LogP contribution in [-0.4, -0.2) is 57.0 Å². The number of rotatable bonds is 8. The number of nitrogens with zero attached hydrogens (tertiary/aromatic N) is 1. The summed E-state index contributed by atoms with van der Waals surface area (Å²) in [5, 5.41) is 0. The van der Waals surface area contributed by atoms with Crippen LogP contribution in [0.4, 0.5) is 0 Å². The number of hydrogen-bond donors (Lipinski definition) is 1. The third-order valence-corrected chi connectivity index (χ3v) is 5.41. The Kier molecular flexibility index (Phi) is 7.11. The molecule has 4 nitrogen and oxygen atoms in total. The van der Waals surface area contributed by atoms with Gasteiger partial charge in [-0.25, -0.2) is 0 Å². The molecule has 0 amide bonds. The van der Waals surface area contributed by atoms with Crippen LogP contribution < -0.4 is 5.73 Å². The van der Waals surface area contributed by atoms with E-state index >= 15 is 0 Å². The van der Waals surface area contributed by atoms with Gasteiger partial charge in [-0.2, -0.15) is 0 Å². The molecular weight excluding hydrogens is 264 g/mol. The maximum atomic E-state index is 6.30. The van der Waals surface area contributed by atoms with Crippen LogP contribution >= 0.6 is 0 Å². The summed E-state index contributed by atoms with van der Waals surface area (Å²) in [4.78, 5) is 2.56. The van der Waals surface area contributed by atoms with Crippen LogP contribution in [-0.2, 0) is 9.47 Å². The van der Waals surface area contributed by atoms with Crippen LogP contribution in [0.5, 0.6) is 0 Å². The first kappa shape index (κ1) is 18.9. The van der Waals surface area contributed by atoms with E-state index in [0.29, 0.717) is 23.9 Å². The van der Waals surface area contributed by atoms with Crippen molar-refractivity contribution in [2.45, 2.75) is 58.5 Å². The summed E-state index contributed by atoms with van der Waals surface area (Å²) in [6, 6.07) is 0.359. The Labute approximate surface area is 131 Å². The molecule has 4 heteroatoms. The Morgan fingerprint density at radius 3 is 2.38 bits per heavy atom. The van der Waals surface area contributed by atoms with Crippen molar-refractivity contribution in [3.63, 3.8) is 0 Å². The lowest BCUT2D eigenvalue weighted by Crippen LogP contribution is -2.64. The van der Waals surface area contributed by atoms with Crippen molar-refractivity contribution < 1.29 is 9.47 Å². The molecule has 0 saturated heterocycles. The Balaban J connectivity index is 2.98. The zero-order valence-electron chi connectivity index (χ0n) is 14.9. The van der Waals surface area contributed by atoms with E-state index in [9.17, 15) is 0 Å². The second-order valence-corrected chi connectivity index (χ2v) is 7.57. The highest BCUT2D eigenvalue weighted by Crippen LogP contribution is 2.46. The first-order chi connectivity index (χ1) is 9.83. The van der Waals surface area contributed by atoms with E-state index in [1.54, 1.807) is 14.2 Å². The molecule has 21 heavy (non-hydrogen) atoms. The molecule has 2 N–H and O–H groups in total. The Morgan fingerprint density at radius 1 is 1.24 bits per heavy atom. The topological polar surface area (TPSA) is 47.7 Å². The molecule has 0 aromatic carbocycles. The highest BCUT2D eigenvalue weighted by molar-refractivity contribution is 5.03. The lowest BCUT2D eigenvalue weighted by atomic mass is 9.63. The van der Waals surface area contributed by atoms with Crippen molar-refractivity contribution in [1.29, 1.82) is 0 Å². The van der Waals surface area contributed by atoms with Crippen molar-refractivity contribution in [2.24, 2.45) is 17.1 Å². The summed E-state index contributed by atoms with van der Waals surface area (Å²) in [7, 11) is 3.54. The number of nitrogens with two attached hydrogens (primary N) is 1. The molecule has 3 unspecified atom stereocenters. The van der Waals surface area contributed by atoms with E-state index in [1.807, 2.05) is 0 Å². The van der Waals surface area contributed by atoms with Gasteiger partial charge in [0, 0.05) is 38.9 Å². The summed E-state index contributed by atoms with van der Waals surface area (Å²) in [5.41, 5.74) is 6.80. The van der Waals surface area contributed by atoms with Crippen molar-refractivity contribution in [3.05, 3.63) is 0 Å². The standard InChI is InChI=1S/C17H36N2O2/c1-14-11-16(3,4)7-8-17(14,13-18)19(9-10-20-5)15(2)12-21-6/h14-15H,7-13,18H2,1-6H3. The molecule has 0 heterocycles. The first-order valence-corrected chi connectivity index (χ1v) is 8.27. The Hall–Kier alpha value is -0.160. The number of hydrogen-bond acceptors (Lipinski definition) is 4. The third-order valence-electron chi connectivity index (χ3n) is 5.41. The normalized spacial score (nSPS) is 30.6. The highest BCUT2D eigenvalue weighted by Gasteiger charge is 2.47. The van der Waals surface area contributed by atoms with Crippen LogP contribution in [0.15, 0.2) is 0 Å². The monoisotopic (exact) mass is 300 g/mol. The van der Waals surface area contributed by atoms with Crippen molar-refractivity contribution in [3.8, 4) is 0 Å². The fourth-order valence-electron chi connectivity index (χ4n) is 4.17. The minimum atomic E-state index is 0.0754. The lowest BCUT2D eigenvalue weighted by molar-refractivity contribution is -0.0657. The average Bonchev–Trinajstić information content (AvgIpc) is 2.41. The Bertz CT molecular complexity index is 309. The predicted molar refractivity (Wildman–Crippen MR) is 88.5 cm³/mol. The predicted octanol–water partition coefficient (Wildman–Crippen LogP) is 2.51. The van der Waals surface area contributed by atoms with Gasteiger partial charge in [-0.15, -0.1) is 0 Å². The maximum Gasteiger partial charge on any atom is 0.0615 e. The fourth-order valence-corrected chi connectivity index (χ4v) is 4.17. The van der Waals surface area contributed by atoms with Crippen molar-refractivity contribution in [1.82, 2.24) is 4.90 Å². The smallest absolute Gasteiger partial charge is 0.0615 e. The Morgan fingerprint density at radius 2 is 1.90 bits per heavy atom. The van der Waals surface area contributed by atoms with Crippen molar-refractivity contribution in [2.75, 3.05) is 40.5 Å². The molecule has 0 spiro atoms. The van der Waals surface area contributed by atoms with E-state index in [2.05, 4.69) is 32.6 Å².